The van der Waals surface area contributed by atoms with Gasteiger partial charge in [0.1, 0.15) is 0 Å². The van der Waals surface area contributed by atoms with Gasteiger partial charge in [0.05, 0.1) is 0 Å². The normalized spacial score (nSPS) is 34.8. The van der Waals surface area contributed by atoms with E-state index in [2.05, 4.69) is 48.5 Å². The smallest absolute Gasteiger partial charge is 0.0221 e. The molecule has 1 fully saturated rings. The number of rotatable bonds is 2. The van der Waals surface area contributed by atoms with Crippen molar-refractivity contribution in [2.24, 2.45) is 28.6 Å². The molecule has 1 saturated carbocycles. The Morgan fingerprint density at radius 1 is 1.00 bits per heavy atom. The van der Waals surface area contributed by atoms with Crippen molar-refractivity contribution in [2.75, 3.05) is 0 Å². The zero-order valence-corrected chi connectivity index (χ0v) is 15.1. The summed E-state index contributed by atoms with van der Waals surface area (Å²) in [6.45, 7) is 25.1. The highest BCUT2D eigenvalue weighted by Crippen LogP contribution is 2.62. The Balaban J connectivity index is 0. The third kappa shape index (κ3) is 3.52. The van der Waals surface area contributed by atoms with Crippen LogP contribution in [-0.4, -0.2) is 0 Å². The average molecular weight is 257 g/mol. The van der Waals surface area contributed by atoms with Gasteiger partial charge in [-0.25, -0.2) is 0 Å². The van der Waals surface area contributed by atoms with Crippen LogP contribution in [0.25, 0.3) is 0 Å². The second kappa shape index (κ2) is 8.23. The van der Waals surface area contributed by atoms with Crippen LogP contribution >= 0.6 is 0 Å². The van der Waals surface area contributed by atoms with E-state index < -0.39 is 0 Å². The Hall–Kier alpha value is 0. The highest BCUT2D eigenvalue weighted by molar-refractivity contribution is 5.03. The molecule has 18 heavy (non-hydrogen) atoms. The molecule has 0 aromatic carbocycles. The van der Waals surface area contributed by atoms with E-state index in [1.165, 1.54) is 12.8 Å². The third-order valence-electron chi connectivity index (χ3n) is 5.73. The fraction of sp³-hybridized carbons (Fsp3) is 1.00. The Morgan fingerprint density at radius 2 is 1.39 bits per heavy atom. The van der Waals surface area contributed by atoms with Crippen LogP contribution in [0.3, 0.4) is 0 Å². The summed E-state index contributed by atoms with van der Waals surface area (Å²) in [7, 11) is 0. The molecule has 0 saturated heterocycles. The van der Waals surface area contributed by atoms with Crippen LogP contribution in [0.15, 0.2) is 0 Å². The van der Waals surface area contributed by atoms with Gasteiger partial charge in [-0.2, -0.15) is 0 Å². The molecule has 0 bridgehead atoms. The van der Waals surface area contributed by atoms with E-state index in [0.29, 0.717) is 10.8 Å². The predicted octanol–water partition coefficient (Wildman–Crippen LogP) is 6.79. The maximum atomic E-state index is 2.52. The Bertz CT molecular complexity index is 204. The molecule has 112 valence electrons. The van der Waals surface area contributed by atoms with E-state index in [1.807, 2.05) is 27.7 Å². The van der Waals surface area contributed by atoms with Gasteiger partial charge in [0.15, 0.2) is 0 Å². The predicted molar refractivity (Wildman–Crippen MR) is 87.0 cm³/mol. The quantitative estimate of drug-likeness (QED) is 0.510. The van der Waals surface area contributed by atoms with E-state index >= 15 is 0 Å². The SMILES string of the molecule is CC.CC.CCC(C)C1(C)C(C)C(C)CC1(C)C. The molecule has 0 aliphatic heterocycles. The lowest BCUT2D eigenvalue weighted by molar-refractivity contribution is 0.0220. The first-order chi connectivity index (χ1) is 8.27. The lowest BCUT2D eigenvalue weighted by atomic mass is 9.58. The molecule has 0 spiro atoms. The van der Waals surface area contributed by atoms with Crippen LogP contribution < -0.4 is 0 Å². The van der Waals surface area contributed by atoms with Crippen molar-refractivity contribution >= 4 is 0 Å². The molecule has 4 unspecified atom stereocenters. The molecule has 0 aromatic heterocycles. The van der Waals surface area contributed by atoms with Gasteiger partial charge in [-0.15, -0.1) is 0 Å². The van der Waals surface area contributed by atoms with E-state index in [9.17, 15) is 0 Å². The molecule has 0 amide bonds. The molecule has 1 rings (SSSR count). The van der Waals surface area contributed by atoms with Gasteiger partial charge in [-0.05, 0) is 35.0 Å². The molecule has 0 aromatic rings. The summed E-state index contributed by atoms with van der Waals surface area (Å²) in [6.07, 6.45) is 2.71. The monoisotopic (exact) mass is 256 g/mol. The van der Waals surface area contributed by atoms with E-state index in [1.54, 1.807) is 0 Å². The van der Waals surface area contributed by atoms with E-state index in [0.717, 1.165) is 17.8 Å². The molecule has 1 aliphatic carbocycles. The van der Waals surface area contributed by atoms with Crippen LogP contribution in [0.2, 0.25) is 0 Å². The zero-order valence-electron chi connectivity index (χ0n) is 15.1. The maximum Gasteiger partial charge on any atom is -0.0221 e. The summed E-state index contributed by atoms with van der Waals surface area (Å²) >= 11 is 0. The Labute approximate surface area is 118 Å². The van der Waals surface area contributed by atoms with Crippen molar-refractivity contribution < 1.29 is 0 Å². The standard InChI is InChI=1S/C14H28.2C2H6/c1-8-11(3)14(7)12(4)10(2)9-13(14,5)6;2*1-2/h10-12H,8-9H2,1-7H3;2*1-2H3. The first-order valence-corrected chi connectivity index (χ1v) is 8.27. The van der Waals surface area contributed by atoms with Crippen LogP contribution in [0.4, 0.5) is 0 Å². The maximum absolute atomic E-state index is 2.52. The minimum absolute atomic E-state index is 0.515. The Kier molecular flexibility index (Phi) is 9.29. The molecule has 0 nitrogen and oxygen atoms in total. The molecule has 4 atom stereocenters. The van der Waals surface area contributed by atoms with Crippen LogP contribution in [0.5, 0.6) is 0 Å². The molecule has 0 N–H and O–H groups in total. The summed E-state index contributed by atoms with van der Waals surface area (Å²) in [5, 5.41) is 0. The first-order valence-electron chi connectivity index (χ1n) is 8.27. The van der Waals surface area contributed by atoms with Crippen LogP contribution in [-0.2, 0) is 0 Å². The molecule has 0 heteroatoms. The molecular formula is C18H40. The van der Waals surface area contributed by atoms with Crippen molar-refractivity contribution in [1.82, 2.24) is 0 Å². The fourth-order valence-corrected chi connectivity index (χ4v) is 3.95. The zero-order chi connectivity index (χ0) is 15.1. The fourth-order valence-electron chi connectivity index (χ4n) is 3.95. The largest absolute Gasteiger partial charge is 0.0683 e. The molecule has 1 aliphatic rings. The third-order valence-corrected chi connectivity index (χ3v) is 5.73. The summed E-state index contributed by atoms with van der Waals surface area (Å²) in [5.41, 5.74) is 1.04. The van der Waals surface area contributed by atoms with Crippen LogP contribution in [0.1, 0.15) is 89.0 Å². The van der Waals surface area contributed by atoms with Crippen molar-refractivity contribution in [3.8, 4) is 0 Å². The van der Waals surface area contributed by atoms with Gasteiger partial charge >= 0.3 is 0 Å². The van der Waals surface area contributed by atoms with Gasteiger partial charge in [0.2, 0.25) is 0 Å². The highest BCUT2D eigenvalue weighted by atomic mass is 14.6. The van der Waals surface area contributed by atoms with E-state index in [4.69, 9.17) is 0 Å². The molecule has 0 radical (unpaired) electrons. The lowest BCUT2D eigenvalue weighted by Gasteiger charge is -2.46. The van der Waals surface area contributed by atoms with Gasteiger partial charge < -0.3 is 0 Å². The van der Waals surface area contributed by atoms with Gasteiger partial charge in [-0.3, -0.25) is 0 Å². The van der Waals surface area contributed by atoms with Crippen molar-refractivity contribution in [3.05, 3.63) is 0 Å². The second-order valence-electron chi connectivity index (χ2n) is 6.45. The van der Waals surface area contributed by atoms with Crippen molar-refractivity contribution in [2.45, 2.75) is 89.0 Å². The van der Waals surface area contributed by atoms with Crippen molar-refractivity contribution in [1.29, 1.82) is 0 Å². The topological polar surface area (TPSA) is 0 Å². The average Bonchev–Trinajstić information content (AvgIpc) is 2.54. The summed E-state index contributed by atoms with van der Waals surface area (Å²) in [6, 6.07) is 0. The highest BCUT2D eigenvalue weighted by Gasteiger charge is 2.54. The summed E-state index contributed by atoms with van der Waals surface area (Å²) < 4.78 is 0. The summed E-state index contributed by atoms with van der Waals surface area (Å²) in [4.78, 5) is 0. The molecule has 0 heterocycles. The Morgan fingerprint density at radius 3 is 1.61 bits per heavy atom. The number of hydrogen-bond donors (Lipinski definition) is 0. The minimum Gasteiger partial charge on any atom is -0.0683 e. The first kappa shape index (κ1) is 20.3. The second-order valence-corrected chi connectivity index (χ2v) is 6.45. The van der Waals surface area contributed by atoms with Gasteiger partial charge in [0.25, 0.3) is 0 Å². The number of hydrogen-bond acceptors (Lipinski definition) is 0. The van der Waals surface area contributed by atoms with Gasteiger partial charge in [0, 0.05) is 0 Å². The van der Waals surface area contributed by atoms with Crippen LogP contribution in [0, 0.1) is 28.6 Å². The molecular weight excluding hydrogens is 216 g/mol. The van der Waals surface area contributed by atoms with E-state index in [-0.39, 0.29) is 0 Å². The minimum atomic E-state index is 0.515. The van der Waals surface area contributed by atoms with Gasteiger partial charge in [-0.1, -0.05) is 82.6 Å². The summed E-state index contributed by atoms with van der Waals surface area (Å²) in [5.74, 6) is 2.61. The lowest BCUT2D eigenvalue weighted by Crippen LogP contribution is -2.40. The van der Waals surface area contributed by atoms with Crippen molar-refractivity contribution in [3.63, 3.8) is 0 Å².